The van der Waals surface area contributed by atoms with E-state index in [1.54, 1.807) is 24.3 Å². The maximum absolute atomic E-state index is 13.5. The molecule has 1 aliphatic rings. The minimum Gasteiger partial charge on any atom is -0.382 e. The number of hydrogen-bond acceptors (Lipinski definition) is 6. The minimum absolute atomic E-state index is 0.0599. The molecule has 1 N–H and O–H groups in total. The number of para-hydroxylation sites is 1. The molecule has 0 unspecified atom stereocenters. The minimum atomic E-state index is -4.93. The van der Waals surface area contributed by atoms with Crippen molar-refractivity contribution in [3.8, 4) is 17.1 Å². The molecule has 0 bridgehead atoms. The number of benzene rings is 2. The highest BCUT2D eigenvalue weighted by Gasteiger charge is 2.39. The van der Waals surface area contributed by atoms with Gasteiger partial charge in [-0.3, -0.25) is 9.36 Å². The second kappa shape index (κ2) is 12.6. The Kier molecular flexibility index (Phi) is 8.93. The number of alkyl halides is 3. The number of halogens is 4. The molecule has 222 valence electrons. The van der Waals surface area contributed by atoms with Crippen molar-refractivity contribution in [2.45, 2.75) is 70.3 Å². The molecule has 1 fully saturated rings. The van der Waals surface area contributed by atoms with Crippen LogP contribution in [-0.4, -0.2) is 52.3 Å². The molecule has 0 amide bonds. The molecule has 0 saturated heterocycles. The molecule has 0 radical (unpaired) electrons. The molecule has 2 heterocycles. The number of carbonyl (C=O) groups excluding carboxylic acids is 1. The quantitative estimate of drug-likeness (QED) is 0.268. The van der Waals surface area contributed by atoms with Gasteiger partial charge in [-0.1, -0.05) is 55.8 Å². The van der Waals surface area contributed by atoms with Crippen molar-refractivity contribution in [2.75, 3.05) is 0 Å². The Bertz CT molecular complexity index is 1590. The van der Waals surface area contributed by atoms with E-state index in [0.29, 0.717) is 21.8 Å². The first-order chi connectivity index (χ1) is 20.1. The molecule has 42 heavy (non-hydrogen) atoms. The maximum atomic E-state index is 13.5. The van der Waals surface area contributed by atoms with Crippen LogP contribution in [0.1, 0.15) is 61.1 Å². The summed E-state index contributed by atoms with van der Waals surface area (Å²) in [6.45, 7) is -1.29. The smallest absolute Gasteiger partial charge is 0.382 e. The van der Waals surface area contributed by atoms with E-state index in [1.807, 2.05) is 0 Å². The Morgan fingerprint density at radius 1 is 1.00 bits per heavy atom. The van der Waals surface area contributed by atoms with Crippen LogP contribution in [0.5, 0.6) is 0 Å². The predicted octanol–water partition coefficient (Wildman–Crippen LogP) is 5.46. The van der Waals surface area contributed by atoms with Gasteiger partial charge in [0.05, 0.1) is 12.2 Å². The summed E-state index contributed by atoms with van der Waals surface area (Å²) in [5, 5.41) is 18.8. The molecule has 2 aromatic heterocycles. The third-order valence-electron chi connectivity index (χ3n) is 7.48. The summed E-state index contributed by atoms with van der Waals surface area (Å²) < 4.78 is 42.6. The lowest BCUT2D eigenvalue weighted by Gasteiger charge is -2.19. The standard InChI is InChI=1S/C29H30ClF3N6O3/c30-21-14-12-20(13-15-21)27-36-38(28(42)37(27)16-24(40)29(31,32)33)17-25-34-18-39(35-25)23-11-7-6-10-22(23)26(41)19-8-4-2-1-3-5-9-19/h6-7,10-15,18-19,24,40H,1-5,8-9,16-17H2/t24-/m0/s1. The van der Waals surface area contributed by atoms with Gasteiger partial charge < -0.3 is 5.11 Å². The van der Waals surface area contributed by atoms with Crippen molar-refractivity contribution in [3.05, 3.63) is 81.8 Å². The molecule has 5 rings (SSSR count). The van der Waals surface area contributed by atoms with Crippen molar-refractivity contribution in [2.24, 2.45) is 5.92 Å². The van der Waals surface area contributed by atoms with Crippen LogP contribution in [-0.2, 0) is 13.1 Å². The van der Waals surface area contributed by atoms with E-state index in [4.69, 9.17) is 11.6 Å². The number of aliphatic hydroxyl groups excluding tert-OH is 1. The van der Waals surface area contributed by atoms with Crippen molar-refractivity contribution in [1.82, 2.24) is 29.1 Å². The second-order valence-corrected chi connectivity index (χ2v) is 10.9. The van der Waals surface area contributed by atoms with Gasteiger partial charge in [0.1, 0.15) is 12.9 Å². The second-order valence-electron chi connectivity index (χ2n) is 10.5. The van der Waals surface area contributed by atoms with Crippen LogP contribution >= 0.6 is 11.6 Å². The first-order valence-electron chi connectivity index (χ1n) is 13.8. The third kappa shape index (κ3) is 6.65. The zero-order valence-corrected chi connectivity index (χ0v) is 23.4. The summed E-state index contributed by atoms with van der Waals surface area (Å²) in [5.41, 5.74) is 0.549. The van der Waals surface area contributed by atoms with Gasteiger partial charge in [0, 0.05) is 22.1 Å². The number of nitrogens with zero attached hydrogens (tertiary/aromatic N) is 6. The molecule has 2 aromatic carbocycles. The lowest BCUT2D eigenvalue weighted by atomic mass is 9.85. The van der Waals surface area contributed by atoms with Gasteiger partial charge in [0.15, 0.2) is 23.5 Å². The Hall–Kier alpha value is -3.77. The largest absolute Gasteiger partial charge is 0.416 e. The number of Topliss-reactive ketones (excluding diaryl/α,β-unsaturated/α-hetero) is 1. The lowest BCUT2D eigenvalue weighted by Crippen LogP contribution is -2.37. The van der Waals surface area contributed by atoms with E-state index < -0.39 is 24.5 Å². The fraction of sp³-hybridized carbons (Fsp3) is 0.414. The molecule has 1 aliphatic carbocycles. The Morgan fingerprint density at radius 3 is 2.36 bits per heavy atom. The molecule has 1 saturated carbocycles. The lowest BCUT2D eigenvalue weighted by molar-refractivity contribution is -0.207. The molecule has 0 spiro atoms. The van der Waals surface area contributed by atoms with Crippen molar-refractivity contribution < 1.29 is 23.1 Å². The Balaban J connectivity index is 1.44. The highest BCUT2D eigenvalue weighted by molar-refractivity contribution is 6.30. The molecule has 1 atom stereocenters. The SMILES string of the molecule is O=C(c1ccccc1-n1cnc(Cn2nc(-c3ccc(Cl)cc3)n(C[C@H](O)C(F)(F)F)c2=O)n1)C1CCCCCCC1. The van der Waals surface area contributed by atoms with Gasteiger partial charge in [0.25, 0.3) is 0 Å². The number of carbonyl (C=O) groups is 1. The van der Waals surface area contributed by atoms with Gasteiger partial charge in [-0.2, -0.15) is 13.2 Å². The summed E-state index contributed by atoms with van der Waals surface area (Å²) in [6.07, 6.45) is 0.907. The Labute approximate surface area is 244 Å². The average Bonchev–Trinajstić information content (AvgIpc) is 3.53. The first-order valence-corrected chi connectivity index (χ1v) is 14.2. The summed E-state index contributed by atoms with van der Waals surface area (Å²) in [7, 11) is 0. The van der Waals surface area contributed by atoms with Crippen molar-refractivity contribution in [3.63, 3.8) is 0 Å². The van der Waals surface area contributed by atoms with Crippen LogP contribution in [0.3, 0.4) is 0 Å². The van der Waals surface area contributed by atoms with Crippen LogP contribution in [0.4, 0.5) is 13.2 Å². The molecule has 13 heteroatoms. The van der Waals surface area contributed by atoms with Crippen LogP contribution in [0.25, 0.3) is 17.1 Å². The monoisotopic (exact) mass is 602 g/mol. The number of aliphatic hydroxyl groups is 1. The van der Waals surface area contributed by atoms with Crippen LogP contribution in [0, 0.1) is 5.92 Å². The summed E-state index contributed by atoms with van der Waals surface area (Å²) in [5.74, 6) is 0.0918. The molecular formula is C29H30ClF3N6O3. The maximum Gasteiger partial charge on any atom is 0.416 e. The Morgan fingerprint density at radius 2 is 1.67 bits per heavy atom. The molecule has 4 aromatic rings. The van der Waals surface area contributed by atoms with Crippen molar-refractivity contribution in [1.29, 1.82) is 0 Å². The van der Waals surface area contributed by atoms with Gasteiger partial charge in [-0.15, -0.1) is 10.2 Å². The molecule has 0 aliphatic heterocycles. The third-order valence-corrected chi connectivity index (χ3v) is 7.73. The van der Waals surface area contributed by atoms with E-state index in [-0.39, 0.29) is 29.9 Å². The zero-order chi connectivity index (χ0) is 29.9. The average molecular weight is 603 g/mol. The van der Waals surface area contributed by atoms with E-state index in [0.717, 1.165) is 47.8 Å². The highest BCUT2D eigenvalue weighted by atomic mass is 35.5. The normalized spacial score (nSPS) is 15.7. The number of ketones is 1. The zero-order valence-electron chi connectivity index (χ0n) is 22.7. The first kappa shape index (κ1) is 29.7. The molecular weight excluding hydrogens is 573 g/mol. The van der Waals surface area contributed by atoms with E-state index in [2.05, 4.69) is 15.2 Å². The van der Waals surface area contributed by atoms with Gasteiger partial charge in [-0.05, 0) is 49.2 Å². The van der Waals surface area contributed by atoms with Gasteiger partial charge >= 0.3 is 11.9 Å². The highest BCUT2D eigenvalue weighted by Crippen LogP contribution is 2.28. The summed E-state index contributed by atoms with van der Waals surface area (Å²) in [4.78, 5) is 31.0. The van der Waals surface area contributed by atoms with E-state index in [1.165, 1.54) is 41.7 Å². The van der Waals surface area contributed by atoms with Crippen LogP contribution in [0.15, 0.2) is 59.7 Å². The van der Waals surface area contributed by atoms with Gasteiger partial charge in [0.2, 0.25) is 0 Å². The van der Waals surface area contributed by atoms with E-state index in [9.17, 15) is 27.9 Å². The fourth-order valence-corrected chi connectivity index (χ4v) is 5.36. The van der Waals surface area contributed by atoms with Crippen LogP contribution < -0.4 is 5.69 Å². The predicted molar refractivity (Wildman–Crippen MR) is 150 cm³/mol. The summed E-state index contributed by atoms with van der Waals surface area (Å²) >= 11 is 5.95. The van der Waals surface area contributed by atoms with E-state index >= 15 is 0 Å². The molecule has 9 nitrogen and oxygen atoms in total. The fourth-order valence-electron chi connectivity index (χ4n) is 5.24. The number of hydrogen-bond donors (Lipinski definition) is 1. The number of aromatic nitrogens is 6. The van der Waals surface area contributed by atoms with Gasteiger partial charge in [-0.25, -0.2) is 19.1 Å². The van der Waals surface area contributed by atoms with Crippen LogP contribution in [0.2, 0.25) is 5.02 Å². The van der Waals surface area contributed by atoms with Crippen molar-refractivity contribution >= 4 is 17.4 Å². The topological polar surface area (TPSA) is 108 Å². The number of rotatable bonds is 8. The summed E-state index contributed by atoms with van der Waals surface area (Å²) in [6, 6.07) is 13.2.